The van der Waals surface area contributed by atoms with E-state index in [4.69, 9.17) is 0 Å². The summed E-state index contributed by atoms with van der Waals surface area (Å²) in [5.74, 6) is 0.789. The molecule has 100 valence electrons. The van der Waals surface area contributed by atoms with Gasteiger partial charge in [0.1, 0.15) is 0 Å². The van der Waals surface area contributed by atoms with Crippen molar-refractivity contribution in [3.8, 4) is 0 Å². The summed E-state index contributed by atoms with van der Waals surface area (Å²) in [5.41, 5.74) is 0. The Labute approximate surface area is 105 Å². The van der Waals surface area contributed by atoms with Crippen molar-refractivity contribution in [2.75, 3.05) is 32.7 Å². The molecule has 1 aliphatic heterocycles. The zero-order chi connectivity index (χ0) is 12.7. The molecule has 0 radical (unpaired) electrons. The fourth-order valence-electron chi connectivity index (χ4n) is 2.12. The molecule has 1 aliphatic rings. The molecule has 2 N–H and O–H groups in total. The maximum atomic E-state index is 11.5. The SMILES string of the molecule is CCN1CCC(CNC(=O)CNC(C)C)CC1. The van der Waals surface area contributed by atoms with Gasteiger partial charge in [-0.15, -0.1) is 0 Å². The number of rotatable bonds is 6. The standard InChI is InChI=1S/C13H27N3O/c1-4-16-7-5-12(6-8-16)9-15-13(17)10-14-11(2)3/h11-12,14H,4-10H2,1-3H3,(H,15,17). The molecule has 1 heterocycles. The minimum atomic E-state index is 0.122. The van der Waals surface area contributed by atoms with Gasteiger partial charge in [-0.05, 0) is 38.4 Å². The van der Waals surface area contributed by atoms with Gasteiger partial charge in [-0.2, -0.15) is 0 Å². The average molecular weight is 241 g/mol. The van der Waals surface area contributed by atoms with Crippen molar-refractivity contribution in [2.45, 2.75) is 39.7 Å². The predicted octanol–water partition coefficient (Wildman–Crippen LogP) is 0.833. The van der Waals surface area contributed by atoms with E-state index in [1.165, 1.54) is 25.9 Å². The summed E-state index contributed by atoms with van der Waals surface area (Å²) in [4.78, 5) is 14.0. The van der Waals surface area contributed by atoms with Crippen molar-refractivity contribution >= 4 is 5.91 Å². The van der Waals surface area contributed by atoms with E-state index in [0.29, 0.717) is 18.5 Å². The van der Waals surface area contributed by atoms with E-state index in [1.54, 1.807) is 0 Å². The van der Waals surface area contributed by atoms with Gasteiger partial charge in [0, 0.05) is 12.6 Å². The second-order valence-electron chi connectivity index (χ2n) is 5.22. The first kappa shape index (κ1) is 14.5. The van der Waals surface area contributed by atoms with Crippen molar-refractivity contribution < 1.29 is 4.79 Å². The maximum absolute atomic E-state index is 11.5. The number of nitrogens with one attached hydrogen (secondary N) is 2. The molecular weight excluding hydrogens is 214 g/mol. The third-order valence-corrected chi connectivity index (χ3v) is 3.41. The Balaban J connectivity index is 2.08. The van der Waals surface area contributed by atoms with Crippen LogP contribution in [0.5, 0.6) is 0 Å². The molecule has 0 aromatic carbocycles. The van der Waals surface area contributed by atoms with E-state index >= 15 is 0 Å². The second-order valence-corrected chi connectivity index (χ2v) is 5.22. The highest BCUT2D eigenvalue weighted by molar-refractivity contribution is 5.77. The zero-order valence-corrected chi connectivity index (χ0v) is 11.5. The minimum Gasteiger partial charge on any atom is -0.355 e. The van der Waals surface area contributed by atoms with Gasteiger partial charge in [-0.1, -0.05) is 20.8 Å². The number of hydrogen-bond donors (Lipinski definition) is 2. The predicted molar refractivity (Wildman–Crippen MR) is 71.0 cm³/mol. The molecule has 1 saturated heterocycles. The van der Waals surface area contributed by atoms with E-state index in [2.05, 4.69) is 22.5 Å². The summed E-state index contributed by atoms with van der Waals surface area (Å²) in [6.07, 6.45) is 2.43. The molecule has 4 heteroatoms. The first-order valence-electron chi connectivity index (χ1n) is 6.84. The van der Waals surface area contributed by atoms with Crippen LogP contribution in [0.1, 0.15) is 33.6 Å². The largest absolute Gasteiger partial charge is 0.355 e. The quantitative estimate of drug-likeness (QED) is 0.724. The summed E-state index contributed by atoms with van der Waals surface area (Å²) in [7, 11) is 0. The Hall–Kier alpha value is -0.610. The number of amides is 1. The van der Waals surface area contributed by atoms with Gasteiger partial charge in [-0.25, -0.2) is 0 Å². The first-order chi connectivity index (χ1) is 8.11. The van der Waals surface area contributed by atoms with Crippen molar-refractivity contribution in [2.24, 2.45) is 5.92 Å². The Kier molecular flexibility index (Phi) is 6.52. The van der Waals surface area contributed by atoms with Crippen LogP contribution in [-0.2, 0) is 4.79 Å². The number of piperidine rings is 1. The number of likely N-dealkylation sites (tertiary alicyclic amines) is 1. The molecule has 0 aromatic rings. The Bertz CT molecular complexity index is 223. The van der Waals surface area contributed by atoms with Gasteiger partial charge < -0.3 is 15.5 Å². The second kappa shape index (κ2) is 7.67. The first-order valence-corrected chi connectivity index (χ1v) is 6.84. The van der Waals surface area contributed by atoms with Crippen molar-refractivity contribution in [3.63, 3.8) is 0 Å². The van der Waals surface area contributed by atoms with Crippen LogP contribution < -0.4 is 10.6 Å². The molecule has 1 fully saturated rings. The summed E-state index contributed by atoms with van der Waals surface area (Å²) >= 11 is 0. The molecule has 0 bridgehead atoms. The fraction of sp³-hybridized carbons (Fsp3) is 0.923. The molecule has 0 aromatic heterocycles. The summed E-state index contributed by atoms with van der Waals surface area (Å²) in [5, 5.41) is 6.15. The Morgan fingerprint density at radius 2 is 2.00 bits per heavy atom. The lowest BCUT2D eigenvalue weighted by Gasteiger charge is -2.31. The highest BCUT2D eigenvalue weighted by Gasteiger charge is 2.18. The van der Waals surface area contributed by atoms with E-state index in [9.17, 15) is 4.79 Å². The lowest BCUT2D eigenvalue weighted by atomic mass is 9.97. The zero-order valence-electron chi connectivity index (χ0n) is 11.5. The van der Waals surface area contributed by atoms with Gasteiger partial charge in [0.2, 0.25) is 5.91 Å². The molecule has 1 rings (SSSR count). The summed E-state index contributed by atoms with van der Waals surface area (Å²) < 4.78 is 0. The molecule has 0 aliphatic carbocycles. The molecule has 1 amide bonds. The molecule has 0 saturated carbocycles. The maximum Gasteiger partial charge on any atom is 0.233 e. The topological polar surface area (TPSA) is 44.4 Å². The van der Waals surface area contributed by atoms with Crippen molar-refractivity contribution in [1.82, 2.24) is 15.5 Å². The van der Waals surface area contributed by atoms with Crippen LogP contribution in [0.3, 0.4) is 0 Å². The molecule has 0 atom stereocenters. The molecule has 4 nitrogen and oxygen atoms in total. The Morgan fingerprint density at radius 3 is 2.53 bits per heavy atom. The van der Waals surface area contributed by atoms with Crippen molar-refractivity contribution in [3.05, 3.63) is 0 Å². The highest BCUT2D eigenvalue weighted by Crippen LogP contribution is 2.15. The van der Waals surface area contributed by atoms with E-state index in [1.807, 2.05) is 13.8 Å². The third-order valence-electron chi connectivity index (χ3n) is 3.41. The molecule has 0 unspecified atom stereocenters. The third kappa shape index (κ3) is 6.03. The fourth-order valence-corrected chi connectivity index (χ4v) is 2.12. The smallest absolute Gasteiger partial charge is 0.233 e. The van der Waals surface area contributed by atoms with Crippen LogP contribution in [0.2, 0.25) is 0 Å². The van der Waals surface area contributed by atoms with Gasteiger partial charge in [0.25, 0.3) is 0 Å². The molecular formula is C13H27N3O. The Morgan fingerprint density at radius 1 is 1.35 bits per heavy atom. The van der Waals surface area contributed by atoms with Gasteiger partial charge in [-0.3, -0.25) is 4.79 Å². The van der Waals surface area contributed by atoms with Crippen molar-refractivity contribution in [1.29, 1.82) is 0 Å². The summed E-state index contributed by atoms with van der Waals surface area (Å²) in [6.45, 7) is 11.1. The average Bonchev–Trinajstić information content (AvgIpc) is 2.34. The number of nitrogens with zero attached hydrogens (tertiary/aromatic N) is 1. The number of carbonyl (C=O) groups is 1. The van der Waals surface area contributed by atoms with Gasteiger partial charge >= 0.3 is 0 Å². The molecule has 17 heavy (non-hydrogen) atoms. The normalized spacial score (nSPS) is 18.6. The van der Waals surface area contributed by atoms with Crippen LogP contribution in [0.25, 0.3) is 0 Å². The number of hydrogen-bond acceptors (Lipinski definition) is 3. The van der Waals surface area contributed by atoms with Gasteiger partial charge in [0.15, 0.2) is 0 Å². The minimum absolute atomic E-state index is 0.122. The highest BCUT2D eigenvalue weighted by atomic mass is 16.1. The van der Waals surface area contributed by atoms with Crippen LogP contribution in [0.15, 0.2) is 0 Å². The van der Waals surface area contributed by atoms with Crippen LogP contribution in [0.4, 0.5) is 0 Å². The van der Waals surface area contributed by atoms with Crippen LogP contribution >= 0.6 is 0 Å². The van der Waals surface area contributed by atoms with E-state index in [-0.39, 0.29) is 5.91 Å². The lowest BCUT2D eigenvalue weighted by Crippen LogP contribution is -2.41. The number of carbonyl (C=O) groups excluding carboxylic acids is 1. The monoisotopic (exact) mass is 241 g/mol. The van der Waals surface area contributed by atoms with E-state index in [0.717, 1.165) is 13.1 Å². The van der Waals surface area contributed by atoms with E-state index < -0.39 is 0 Å². The summed E-state index contributed by atoms with van der Waals surface area (Å²) in [6, 6.07) is 0.369. The molecule has 0 spiro atoms. The van der Waals surface area contributed by atoms with Crippen LogP contribution in [0, 0.1) is 5.92 Å². The van der Waals surface area contributed by atoms with Gasteiger partial charge in [0.05, 0.1) is 6.54 Å². The lowest BCUT2D eigenvalue weighted by molar-refractivity contribution is -0.120. The van der Waals surface area contributed by atoms with Crippen LogP contribution in [-0.4, -0.2) is 49.6 Å².